The molecule has 0 aromatic heterocycles. The van der Waals surface area contributed by atoms with Gasteiger partial charge in [0.2, 0.25) is 10.0 Å². The summed E-state index contributed by atoms with van der Waals surface area (Å²) in [5, 5.41) is 6.74. The predicted octanol–water partition coefficient (Wildman–Crippen LogP) is 4.10. The number of hydrogen-bond acceptors (Lipinski definition) is 9. The van der Waals surface area contributed by atoms with Gasteiger partial charge in [0.1, 0.15) is 0 Å². The largest absolute Gasteiger partial charge is 0.380 e. The van der Waals surface area contributed by atoms with Crippen LogP contribution in [0.3, 0.4) is 0 Å². The SMILES string of the molecule is CCOCCNC(=O)c1ccc(C(=O)NCCOCCOCCOCCNS(=O)(=O)c2ccc([C@@H]3CN(C)Cc4c(Cl)cc(Cl)cc43)cc2)cc1. The summed E-state index contributed by atoms with van der Waals surface area (Å²) in [4.78, 5) is 26.8. The first-order valence-corrected chi connectivity index (χ1v) is 19.1. The minimum Gasteiger partial charge on any atom is -0.380 e. The van der Waals surface area contributed by atoms with E-state index in [-0.39, 0.29) is 35.8 Å². The van der Waals surface area contributed by atoms with E-state index >= 15 is 0 Å². The van der Waals surface area contributed by atoms with Crippen LogP contribution in [-0.2, 0) is 35.5 Å². The van der Waals surface area contributed by atoms with Crippen molar-refractivity contribution in [3.05, 3.63) is 98.5 Å². The Bertz CT molecular complexity index is 1680. The van der Waals surface area contributed by atoms with E-state index < -0.39 is 10.0 Å². The lowest BCUT2D eigenvalue weighted by molar-refractivity contribution is 0.0162. The second kappa shape index (κ2) is 20.8. The molecule has 3 aromatic carbocycles. The Morgan fingerprint density at radius 2 is 1.29 bits per heavy atom. The Labute approximate surface area is 310 Å². The van der Waals surface area contributed by atoms with Gasteiger partial charge < -0.3 is 34.5 Å². The number of nitrogens with zero attached hydrogens (tertiary/aromatic N) is 1. The summed E-state index contributed by atoms with van der Waals surface area (Å²) in [6, 6.07) is 17.0. The molecule has 15 heteroatoms. The molecule has 4 rings (SSSR count). The van der Waals surface area contributed by atoms with Crippen LogP contribution in [0, 0.1) is 0 Å². The van der Waals surface area contributed by atoms with Gasteiger partial charge in [-0.3, -0.25) is 9.59 Å². The average molecular weight is 766 g/mol. The van der Waals surface area contributed by atoms with Gasteiger partial charge in [0.15, 0.2) is 0 Å². The van der Waals surface area contributed by atoms with Crippen molar-refractivity contribution in [2.24, 2.45) is 0 Å². The summed E-state index contributed by atoms with van der Waals surface area (Å²) in [6.07, 6.45) is 0. The van der Waals surface area contributed by atoms with Crippen LogP contribution in [0.25, 0.3) is 0 Å². The molecular weight excluding hydrogens is 719 g/mol. The van der Waals surface area contributed by atoms with Crippen molar-refractivity contribution in [3.8, 4) is 0 Å². The quantitative estimate of drug-likeness (QED) is 0.137. The molecule has 0 spiro atoms. The predicted molar refractivity (Wildman–Crippen MR) is 196 cm³/mol. The van der Waals surface area contributed by atoms with Crippen molar-refractivity contribution in [1.29, 1.82) is 0 Å². The van der Waals surface area contributed by atoms with Crippen molar-refractivity contribution in [2.45, 2.75) is 24.3 Å². The minimum absolute atomic E-state index is 0.0179. The van der Waals surface area contributed by atoms with E-state index in [1.807, 2.05) is 32.2 Å². The molecule has 12 nitrogen and oxygen atoms in total. The summed E-state index contributed by atoms with van der Waals surface area (Å²) in [5.41, 5.74) is 3.99. The molecule has 0 aliphatic carbocycles. The second-order valence-corrected chi connectivity index (χ2v) is 14.4. The highest BCUT2D eigenvalue weighted by molar-refractivity contribution is 7.89. The smallest absolute Gasteiger partial charge is 0.251 e. The van der Waals surface area contributed by atoms with E-state index in [9.17, 15) is 18.0 Å². The molecule has 278 valence electrons. The summed E-state index contributed by atoms with van der Waals surface area (Å²) in [5.74, 6) is -0.467. The van der Waals surface area contributed by atoms with Crippen LogP contribution in [0.2, 0.25) is 10.0 Å². The molecule has 0 saturated heterocycles. The number of hydrogen-bond donors (Lipinski definition) is 3. The fraction of sp³-hybridized carbons (Fsp3) is 0.444. The molecule has 1 heterocycles. The van der Waals surface area contributed by atoms with Crippen molar-refractivity contribution < 1.29 is 37.0 Å². The molecule has 1 aliphatic rings. The van der Waals surface area contributed by atoms with E-state index in [2.05, 4.69) is 20.3 Å². The minimum atomic E-state index is -3.71. The third kappa shape index (κ3) is 12.8. The number of ether oxygens (including phenoxy) is 4. The van der Waals surface area contributed by atoms with Crippen molar-refractivity contribution in [3.63, 3.8) is 0 Å². The van der Waals surface area contributed by atoms with Crippen molar-refractivity contribution >= 4 is 45.0 Å². The zero-order valence-corrected chi connectivity index (χ0v) is 31.2. The van der Waals surface area contributed by atoms with E-state index in [1.54, 1.807) is 42.5 Å². The maximum atomic E-state index is 12.8. The highest BCUT2D eigenvalue weighted by Gasteiger charge is 2.27. The number of amides is 2. The van der Waals surface area contributed by atoms with E-state index in [0.29, 0.717) is 80.5 Å². The summed E-state index contributed by atoms with van der Waals surface area (Å²) in [7, 11) is -1.68. The van der Waals surface area contributed by atoms with Crippen LogP contribution in [-0.4, -0.2) is 111 Å². The molecule has 1 atom stereocenters. The number of sulfonamides is 1. The van der Waals surface area contributed by atoms with Gasteiger partial charge in [-0.25, -0.2) is 13.1 Å². The Kier molecular flexibility index (Phi) is 16.6. The lowest BCUT2D eigenvalue weighted by atomic mass is 9.85. The lowest BCUT2D eigenvalue weighted by Crippen LogP contribution is -2.31. The number of nitrogens with one attached hydrogen (secondary N) is 3. The second-order valence-electron chi connectivity index (χ2n) is 11.8. The highest BCUT2D eigenvalue weighted by atomic mass is 35.5. The van der Waals surface area contributed by atoms with Gasteiger partial charge >= 0.3 is 0 Å². The van der Waals surface area contributed by atoms with E-state index in [0.717, 1.165) is 29.8 Å². The Hall–Kier alpha value is -3.11. The molecule has 0 radical (unpaired) electrons. The van der Waals surface area contributed by atoms with Gasteiger partial charge in [0.25, 0.3) is 11.8 Å². The lowest BCUT2D eigenvalue weighted by Gasteiger charge is -2.33. The molecule has 0 fully saturated rings. The van der Waals surface area contributed by atoms with Gasteiger partial charge in [-0.2, -0.15) is 0 Å². The number of rotatable bonds is 21. The van der Waals surface area contributed by atoms with Gasteiger partial charge in [0, 0.05) is 66.4 Å². The topological polar surface area (TPSA) is 145 Å². The van der Waals surface area contributed by atoms with Gasteiger partial charge in [-0.1, -0.05) is 35.3 Å². The van der Waals surface area contributed by atoms with Crippen LogP contribution in [0.5, 0.6) is 0 Å². The van der Waals surface area contributed by atoms with Gasteiger partial charge in [0.05, 0.1) is 51.1 Å². The molecule has 1 aliphatic heterocycles. The maximum Gasteiger partial charge on any atom is 0.251 e. The molecule has 0 saturated carbocycles. The fourth-order valence-electron chi connectivity index (χ4n) is 5.48. The molecule has 0 bridgehead atoms. The number of benzene rings is 3. The maximum absolute atomic E-state index is 12.8. The molecule has 3 aromatic rings. The number of likely N-dealkylation sites (N-methyl/N-ethyl adjacent to an activating group) is 1. The average Bonchev–Trinajstić information content (AvgIpc) is 3.12. The first kappa shape index (κ1) is 40.7. The van der Waals surface area contributed by atoms with E-state index in [1.165, 1.54) is 0 Å². The number of halogens is 2. The molecule has 51 heavy (non-hydrogen) atoms. The fourth-order valence-corrected chi connectivity index (χ4v) is 7.06. The first-order chi connectivity index (χ1) is 24.6. The standard InChI is InChI=1S/C36H46Cl2N4O8S/c1-3-47-15-12-39-35(43)27-4-6-28(7-5-27)36(44)40-13-16-48-18-20-50-21-19-49-17-14-41-51(45,46)30-10-8-26(9-11-30)32-24-42(2)25-33-31(32)22-29(37)23-34(33)38/h4-11,22-23,32,41H,3,12-21,24-25H2,1-2H3,(H,39,43)(H,40,44)/t32-/m0/s1. The summed E-state index contributed by atoms with van der Waals surface area (Å²) in [6.45, 7) is 7.07. The third-order valence-electron chi connectivity index (χ3n) is 8.05. The number of fused-ring (bicyclic) bond motifs is 1. The molecule has 2 amide bonds. The van der Waals surface area contributed by atoms with Gasteiger partial charge in [-0.15, -0.1) is 0 Å². The third-order valence-corrected chi connectivity index (χ3v) is 10.1. The zero-order valence-electron chi connectivity index (χ0n) is 28.9. The number of carbonyl (C=O) groups is 2. The van der Waals surface area contributed by atoms with Crippen molar-refractivity contribution in [1.82, 2.24) is 20.3 Å². The first-order valence-electron chi connectivity index (χ1n) is 16.8. The van der Waals surface area contributed by atoms with Crippen LogP contribution in [0.4, 0.5) is 0 Å². The molecular formula is C36H46Cl2N4O8S. The molecule has 0 unspecified atom stereocenters. The van der Waals surface area contributed by atoms with Crippen LogP contribution in [0.15, 0.2) is 65.6 Å². The Morgan fingerprint density at radius 3 is 1.86 bits per heavy atom. The normalized spacial score (nSPS) is 14.6. The number of carbonyl (C=O) groups excluding carboxylic acids is 2. The van der Waals surface area contributed by atoms with Crippen LogP contribution < -0.4 is 15.4 Å². The van der Waals surface area contributed by atoms with Gasteiger partial charge in [-0.05, 0) is 79.2 Å². The van der Waals surface area contributed by atoms with Crippen molar-refractivity contribution in [2.75, 3.05) is 86.1 Å². The Balaban J connectivity index is 1.03. The van der Waals surface area contributed by atoms with Crippen LogP contribution in [0.1, 0.15) is 50.2 Å². The monoisotopic (exact) mass is 764 g/mol. The van der Waals surface area contributed by atoms with Crippen LogP contribution >= 0.6 is 23.2 Å². The summed E-state index contributed by atoms with van der Waals surface area (Å²) < 4.78 is 49.9. The summed E-state index contributed by atoms with van der Waals surface area (Å²) >= 11 is 12.8. The molecule has 3 N–H and O–H groups in total. The Morgan fingerprint density at radius 1 is 0.765 bits per heavy atom. The van der Waals surface area contributed by atoms with E-state index in [4.69, 9.17) is 42.1 Å². The zero-order chi connectivity index (χ0) is 36.6. The highest BCUT2D eigenvalue weighted by Crippen LogP contribution is 2.38.